The third-order valence-electron chi connectivity index (χ3n) is 3.01. The highest BCUT2D eigenvalue weighted by molar-refractivity contribution is 6.31. The average Bonchev–Trinajstić information content (AvgIpc) is 2.47. The van der Waals surface area contributed by atoms with E-state index in [1.165, 1.54) is 0 Å². The fourth-order valence-electron chi connectivity index (χ4n) is 1.97. The Morgan fingerprint density at radius 1 is 1.32 bits per heavy atom. The summed E-state index contributed by atoms with van der Waals surface area (Å²) in [6.45, 7) is 2.45. The molecule has 0 fully saturated rings. The van der Waals surface area contributed by atoms with Crippen LogP contribution in [0.15, 0.2) is 36.5 Å². The van der Waals surface area contributed by atoms with Crippen LogP contribution in [0.5, 0.6) is 5.75 Å². The first-order valence-corrected chi connectivity index (χ1v) is 7.26. The maximum absolute atomic E-state index is 12.0. The normalized spacial score (nSPS) is 10.1. The predicted octanol–water partition coefficient (Wildman–Crippen LogP) is 3.49. The van der Waals surface area contributed by atoms with Crippen molar-refractivity contribution in [2.75, 3.05) is 24.3 Å². The van der Waals surface area contributed by atoms with Crippen LogP contribution < -0.4 is 15.4 Å². The van der Waals surface area contributed by atoms with E-state index in [4.69, 9.17) is 16.3 Å². The molecule has 2 N–H and O–H groups in total. The molecule has 2 aromatic rings. The van der Waals surface area contributed by atoms with Gasteiger partial charge in [-0.3, -0.25) is 9.78 Å². The Kier molecular flexibility index (Phi) is 5.61. The van der Waals surface area contributed by atoms with E-state index in [0.29, 0.717) is 29.4 Å². The zero-order valence-electron chi connectivity index (χ0n) is 12.5. The molecule has 1 heterocycles. The molecule has 0 spiro atoms. The van der Waals surface area contributed by atoms with Crippen LogP contribution in [0.25, 0.3) is 0 Å². The van der Waals surface area contributed by atoms with Crippen molar-refractivity contribution in [1.29, 1.82) is 0 Å². The van der Waals surface area contributed by atoms with Crippen molar-refractivity contribution in [3.63, 3.8) is 0 Å². The second kappa shape index (κ2) is 7.66. The largest absolute Gasteiger partial charge is 0.495 e. The molecular weight excluding hydrogens is 302 g/mol. The first kappa shape index (κ1) is 16.1. The maximum Gasteiger partial charge on any atom is 0.226 e. The smallest absolute Gasteiger partial charge is 0.226 e. The van der Waals surface area contributed by atoms with Gasteiger partial charge in [0.25, 0.3) is 0 Å². The van der Waals surface area contributed by atoms with Gasteiger partial charge in [-0.25, -0.2) is 0 Å². The van der Waals surface area contributed by atoms with E-state index in [9.17, 15) is 4.79 Å². The molecule has 1 amide bonds. The van der Waals surface area contributed by atoms with Crippen molar-refractivity contribution < 1.29 is 9.53 Å². The number of carbonyl (C=O) groups excluding carboxylic acids is 1. The highest BCUT2D eigenvalue weighted by Gasteiger charge is 2.08. The predicted molar refractivity (Wildman–Crippen MR) is 88.7 cm³/mol. The topological polar surface area (TPSA) is 63.2 Å². The first-order chi connectivity index (χ1) is 10.6. The van der Waals surface area contributed by atoms with Gasteiger partial charge in [0.05, 0.1) is 12.8 Å². The van der Waals surface area contributed by atoms with E-state index in [1.54, 1.807) is 31.5 Å². The molecule has 0 aliphatic carbocycles. The number of hydrogen-bond acceptors (Lipinski definition) is 4. The summed E-state index contributed by atoms with van der Waals surface area (Å²) in [7, 11) is 1.55. The number of nitrogens with zero attached hydrogens (tertiary/aromatic N) is 1. The molecule has 1 aromatic carbocycles. The van der Waals surface area contributed by atoms with Crippen LogP contribution in [0.3, 0.4) is 0 Å². The van der Waals surface area contributed by atoms with E-state index in [0.717, 1.165) is 11.4 Å². The average molecular weight is 320 g/mol. The quantitative estimate of drug-likeness (QED) is 0.855. The SMILES string of the molecule is COc1ccc(Cl)cc1NC(=O)CCNc1ccnc(C)c1. The number of ether oxygens (including phenoxy) is 1. The Morgan fingerprint density at radius 2 is 2.14 bits per heavy atom. The third-order valence-corrected chi connectivity index (χ3v) is 3.25. The second-order valence-electron chi connectivity index (χ2n) is 4.76. The van der Waals surface area contributed by atoms with Gasteiger partial charge in [-0.15, -0.1) is 0 Å². The van der Waals surface area contributed by atoms with Crippen LogP contribution in [-0.4, -0.2) is 24.5 Å². The number of aromatic nitrogens is 1. The lowest BCUT2D eigenvalue weighted by atomic mass is 10.2. The Bertz CT molecular complexity index is 662. The molecule has 116 valence electrons. The Morgan fingerprint density at radius 3 is 2.86 bits per heavy atom. The standard InChI is InChI=1S/C16H18ClN3O2/c1-11-9-13(5-7-18-11)19-8-6-16(21)20-14-10-12(17)3-4-15(14)22-2/h3-5,7,9-10H,6,8H2,1-2H3,(H,18,19)(H,20,21). The van der Waals surface area contributed by atoms with Crippen molar-refractivity contribution in [2.45, 2.75) is 13.3 Å². The third kappa shape index (κ3) is 4.63. The van der Waals surface area contributed by atoms with Crippen molar-refractivity contribution in [2.24, 2.45) is 0 Å². The van der Waals surface area contributed by atoms with Crippen LogP contribution in [0.4, 0.5) is 11.4 Å². The molecular formula is C16H18ClN3O2. The molecule has 5 nitrogen and oxygen atoms in total. The van der Waals surface area contributed by atoms with Crippen molar-refractivity contribution in [3.05, 3.63) is 47.2 Å². The van der Waals surface area contributed by atoms with E-state index in [2.05, 4.69) is 15.6 Å². The second-order valence-corrected chi connectivity index (χ2v) is 5.19. The van der Waals surface area contributed by atoms with Gasteiger partial charge in [0.1, 0.15) is 5.75 Å². The van der Waals surface area contributed by atoms with Gasteiger partial charge < -0.3 is 15.4 Å². The van der Waals surface area contributed by atoms with Gasteiger partial charge in [-0.2, -0.15) is 0 Å². The maximum atomic E-state index is 12.0. The summed E-state index contributed by atoms with van der Waals surface area (Å²) >= 11 is 5.93. The molecule has 0 aliphatic rings. The number of carbonyl (C=O) groups is 1. The lowest BCUT2D eigenvalue weighted by molar-refractivity contribution is -0.115. The van der Waals surface area contributed by atoms with Crippen LogP contribution in [0, 0.1) is 6.92 Å². The molecule has 0 atom stereocenters. The molecule has 0 unspecified atom stereocenters. The summed E-state index contributed by atoms with van der Waals surface area (Å²) < 4.78 is 5.19. The summed E-state index contributed by atoms with van der Waals surface area (Å²) in [5.74, 6) is 0.467. The molecule has 0 bridgehead atoms. The summed E-state index contributed by atoms with van der Waals surface area (Å²) in [5, 5.41) is 6.53. The fourth-order valence-corrected chi connectivity index (χ4v) is 2.14. The summed E-state index contributed by atoms with van der Waals surface area (Å²) in [6.07, 6.45) is 2.06. The van der Waals surface area contributed by atoms with Crippen LogP contribution in [0.1, 0.15) is 12.1 Å². The fraction of sp³-hybridized carbons (Fsp3) is 0.250. The van der Waals surface area contributed by atoms with E-state index < -0.39 is 0 Å². The number of pyridine rings is 1. The van der Waals surface area contributed by atoms with Crippen LogP contribution in [0.2, 0.25) is 5.02 Å². The number of rotatable bonds is 6. The zero-order chi connectivity index (χ0) is 15.9. The van der Waals surface area contributed by atoms with Gasteiger partial charge >= 0.3 is 0 Å². The summed E-state index contributed by atoms with van der Waals surface area (Å²) in [5.41, 5.74) is 2.44. The minimum Gasteiger partial charge on any atom is -0.495 e. The molecule has 6 heteroatoms. The van der Waals surface area contributed by atoms with Gasteiger partial charge in [-0.05, 0) is 37.3 Å². The highest BCUT2D eigenvalue weighted by atomic mass is 35.5. The number of amides is 1. The minimum atomic E-state index is -0.112. The molecule has 0 radical (unpaired) electrons. The van der Waals surface area contributed by atoms with E-state index >= 15 is 0 Å². The van der Waals surface area contributed by atoms with Crippen LogP contribution >= 0.6 is 11.6 Å². The minimum absolute atomic E-state index is 0.112. The number of benzene rings is 1. The summed E-state index contributed by atoms with van der Waals surface area (Å²) in [4.78, 5) is 16.1. The lowest BCUT2D eigenvalue weighted by Crippen LogP contribution is -2.16. The number of halogens is 1. The number of anilines is 2. The molecule has 22 heavy (non-hydrogen) atoms. The zero-order valence-corrected chi connectivity index (χ0v) is 13.3. The van der Waals surface area contributed by atoms with Crippen molar-refractivity contribution in [1.82, 2.24) is 4.98 Å². The highest BCUT2D eigenvalue weighted by Crippen LogP contribution is 2.27. The number of hydrogen-bond donors (Lipinski definition) is 2. The Labute approximate surface area is 134 Å². The van der Waals surface area contributed by atoms with E-state index in [1.807, 2.05) is 19.1 Å². The number of aryl methyl sites for hydroxylation is 1. The lowest BCUT2D eigenvalue weighted by Gasteiger charge is -2.11. The van der Waals surface area contributed by atoms with Gasteiger partial charge in [0, 0.05) is 35.6 Å². The molecule has 0 aliphatic heterocycles. The van der Waals surface area contributed by atoms with E-state index in [-0.39, 0.29) is 5.91 Å². The van der Waals surface area contributed by atoms with Gasteiger partial charge in [-0.1, -0.05) is 11.6 Å². The number of methoxy groups -OCH3 is 1. The molecule has 1 aromatic heterocycles. The van der Waals surface area contributed by atoms with Gasteiger partial charge in [0.15, 0.2) is 0 Å². The monoisotopic (exact) mass is 319 g/mol. The molecule has 0 saturated carbocycles. The Hall–Kier alpha value is -2.27. The molecule has 0 saturated heterocycles. The Balaban J connectivity index is 1.87. The van der Waals surface area contributed by atoms with Crippen molar-refractivity contribution >= 4 is 28.9 Å². The number of nitrogens with one attached hydrogen (secondary N) is 2. The molecule has 2 rings (SSSR count). The summed E-state index contributed by atoms with van der Waals surface area (Å²) in [6, 6.07) is 8.89. The first-order valence-electron chi connectivity index (χ1n) is 6.88. The van der Waals surface area contributed by atoms with Crippen LogP contribution in [-0.2, 0) is 4.79 Å². The van der Waals surface area contributed by atoms with Crippen molar-refractivity contribution in [3.8, 4) is 5.75 Å². The van der Waals surface area contributed by atoms with Gasteiger partial charge in [0.2, 0.25) is 5.91 Å².